The highest BCUT2D eigenvalue weighted by Crippen LogP contribution is 2.37. The third-order valence-corrected chi connectivity index (χ3v) is 8.67. The zero-order chi connectivity index (χ0) is 28.2. The Hall–Kier alpha value is -2.01. The lowest BCUT2D eigenvalue weighted by Crippen LogP contribution is -2.59. The van der Waals surface area contributed by atoms with Crippen molar-refractivity contribution in [2.24, 2.45) is 0 Å². The maximum atomic E-state index is 13.5. The number of halogens is 3. The molecule has 1 unspecified atom stereocenters. The second-order valence-electron chi connectivity index (χ2n) is 8.82. The summed E-state index contributed by atoms with van der Waals surface area (Å²) in [5, 5.41) is 10.0. The van der Waals surface area contributed by atoms with E-state index in [9.17, 15) is 17.2 Å². The lowest BCUT2D eigenvalue weighted by Gasteiger charge is -2.38. The van der Waals surface area contributed by atoms with Gasteiger partial charge in [-0.15, -0.1) is 10.2 Å². The van der Waals surface area contributed by atoms with Gasteiger partial charge in [0.2, 0.25) is 10.0 Å². The number of nitrogens with zero attached hydrogens (tertiary/aromatic N) is 5. The normalized spacial score (nSPS) is 21.9. The molecule has 11 nitrogen and oxygen atoms in total. The Labute approximate surface area is 219 Å². The van der Waals surface area contributed by atoms with Crippen LogP contribution in [-0.2, 0) is 19.5 Å². The highest BCUT2D eigenvalue weighted by atomic mass is 35.5. The zero-order valence-corrected chi connectivity index (χ0v) is 21.3. The first-order chi connectivity index (χ1) is 18.2. The van der Waals surface area contributed by atoms with Crippen LogP contribution in [0.1, 0.15) is 22.5 Å². The van der Waals surface area contributed by atoms with E-state index in [0.717, 1.165) is 0 Å². The summed E-state index contributed by atoms with van der Waals surface area (Å²) in [6.07, 6.45) is -1.53. The molecular weight excluding hydrogens is 540 g/mol. The number of hydrogen-bond donors (Lipinski definition) is 2. The molecule has 3 aromatic heterocycles. The van der Waals surface area contributed by atoms with E-state index < -0.39 is 34.0 Å². The number of rotatable bonds is 8. The maximum absolute atomic E-state index is 13.5. The molecule has 196 valence electrons. The SMILES string of the molecule is [2H]C([2H])([2H])OCC1CN(c2cc(S(=O)(=O)NC3(C)COC3)cn3c(-c4nnc(C(F)F)s4)nc(Cl)c23)CCN1. The molecule has 2 N–H and O–H groups in total. The van der Waals surface area contributed by atoms with Gasteiger partial charge in [-0.2, -0.15) is 0 Å². The Balaban J connectivity index is 1.60. The molecule has 2 aliphatic heterocycles. The van der Waals surface area contributed by atoms with Crippen molar-refractivity contribution in [3.05, 3.63) is 22.4 Å². The molecule has 0 amide bonds. The topological polar surface area (TPSA) is 123 Å². The largest absolute Gasteiger partial charge is 0.383 e. The predicted molar refractivity (Wildman–Crippen MR) is 129 cm³/mol. The Bertz CT molecular complexity index is 1480. The van der Waals surface area contributed by atoms with Crippen molar-refractivity contribution in [1.82, 2.24) is 29.6 Å². The molecule has 0 bridgehead atoms. The molecule has 36 heavy (non-hydrogen) atoms. The summed E-state index contributed by atoms with van der Waals surface area (Å²) in [6, 6.07) is 1.07. The van der Waals surface area contributed by atoms with E-state index in [2.05, 4.69) is 25.2 Å². The first-order valence-corrected chi connectivity index (χ1v) is 13.5. The van der Waals surface area contributed by atoms with Crippen molar-refractivity contribution in [3.63, 3.8) is 0 Å². The summed E-state index contributed by atoms with van der Waals surface area (Å²) in [4.78, 5) is 6.03. The van der Waals surface area contributed by atoms with Crippen LogP contribution in [0.15, 0.2) is 17.2 Å². The Morgan fingerprint density at radius 1 is 1.47 bits per heavy atom. The molecule has 0 saturated carbocycles. The lowest BCUT2D eigenvalue weighted by atomic mass is 10.0. The van der Waals surface area contributed by atoms with Crippen molar-refractivity contribution in [2.75, 3.05) is 51.4 Å². The quantitative estimate of drug-likeness (QED) is 0.421. The first kappa shape index (κ1) is 22.0. The summed E-state index contributed by atoms with van der Waals surface area (Å²) < 4.78 is 89.5. The summed E-state index contributed by atoms with van der Waals surface area (Å²) >= 11 is 7.16. The Morgan fingerprint density at radius 3 is 2.94 bits per heavy atom. The van der Waals surface area contributed by atoms with E-state index in [1.165, 1.54) is 16.7 Å². The number of anilines is 1. The Morgan fingerprint density at radius 2 is 2.28 bits per heavy atom. The predicted octanol–water partition coefficient (Wildman–Crippen LogP) is 1.94. The number of pyridine rings is 1. The summed E-state index contributed by atoms with van der Waals surface area (Å²) in [6.45, 7) is 3.14. The minimum atomic E-state index is -4.09. The minimum Gasteiger partial charge on any atom is -0.383 e. The number of aromatic nitrogens is 4. The number of ether oxygens (including phenoxy) is 2. The molecular formula is C20H24ClF2N7O4S2. The van der Waals surface area contributed by atoms with E-state index >= 15 is 0 Å². The van der Waals surface area contributed by atoms with Crippen LogP contribution in [0.3, 0.4) is 0 Å². The number of alkyl halides is 2. The number of piperazine rings is 1. The van der Waals surface area contributed by atoms with Crippen LogP contribution in [0, 0.1) is 0 Å². The first-order valence-electron chi connectivity index (χ1n) is 12.3. The Kier molecular flexibility index (Phi) is 5.93. The van der Waals surface area contributed by atoms with E-state index in [-0.39, 0.29) is 53.3 Å². The number of imidazole rings is 1. The van der Waals surface area contributed by atoms with Crippen LogP contribution >= 0.6 is 22.9 Å². The smallest absolute Gasteiger partial charge is 0.291 e. The fourth-order valence-corrected chi connectivity index (χ4v) is 6.54. The molecule has 2 fully saturated rings. The van der Waals surface area contributed by atoms with Crippen LogP contribution < -0.4 is 14.9 Å². The molecule has 0 aliphatic carbocycles. The van der Waals surface area contributed by atoms with Gasteiger partial charge in [0, 0.05) is 38.9 Å². The van der Waals surface area contributed by atoms with Gasteiger partial charge in [-0.3, -0.25) is 4.40 Å². The van der Waals surface area contributed by atoms with Crippen LogP contribution in [0.25, 0.3) is 16.3 Å². The fraction of sp³-hybridized carbons (Fsp3) is 0.550. The molecule has 3 aromatic rings. The molecule has 2 saturated heterocycles. The van der Waals surface area contributed by atoms with Gasteiger partial charge in [0.05, 0.1) is 35.2 Å². The van der Waals surface area contributed by atoms with Gasteiger partial charge in [-0.05, 0) is 13.0 Å². The monoisotopic (exact) mass is 566 g/mol. The van der Waals surface area contributed by atoms with Crippen molar-refractivity contribution < 1.29 is 30.8 Å². The van der Waals surface area contributed by atoms with Gasteiger partial charge in [-0.25, -0.2) is 26.9 Å². The van der Waals surface area contributed by atoms with Crippen molar-refractivity contribution in [1.29, 1.82) is 0 Å². The van der Waals surface area contributed by atoms with Crippen LogP contribution in [0.4, 0.5) is 14.5 Å². The van der Waals surface area contributed by atoms with Gasteiger partial charge >= 0.3 is 0 Å². The van der Waals surface area contributed by atoms with E-state index in [0.29, 0.717) is 35.6 Å². The molecule has 0 aromatic carbocycles. The molecule has 2 aliphatic rings. The van der Waals surface area contributed by atoms with Crippen molar-refractivity contribution in [3.8, 4) is 10.8 Å². The van der Waals surface area contributed by atoms with Crippen LogP contribution in [-0.4, -0.2) is 86.1 Å². The second kappa shape index (κ2) is 9.70. The third kappa shape index (κ3) is 4.80. The highest BCUT2D eigenvalue weighted by molar-refractivity contribution is 7.89. The lowest BCUT2D eigenvalue weighted by molar-refractivity contribution is -0.0523. The average molecular weight is 567 g/mol. The van der Waals surface area contributed by atoms with Crippen molar-refractivity contribution in [2.45, 2.75) is 29.8 Å². The average Bonchev–Trinajstić information content (AvgIpc) is 3.46. The zero-order valence-electron chi connectivity index (χ0n) is 21.9. The number of fused-ring (bicyclic) bond motifs is 1. The summed E-state index contributed by atoms with van der Waals surface area (Å²) in [5.41, 5.74) is -0.0627. The summed E-state index contributed by atoms with van der Waals surface area (Å²) in [5.74, 6) is 0.0494. The molecule has 16 heteroatoms. The highest BCUT2D eigenvalue weighted by Gasteiger charge is 2.38. The molecule has 0 spiro atoms. The molecule has 5 heterocycles. The standard InChI is InChI=1S/C20H24ClF2N7O4S2/c1-20(9-34-10-20)28-36(31,32)12-5-13(29-4-3-24-11(6-29)8-33-2)14-15(21)25-17(30(14)7-12)19-27-26-18(35-19)16(22)23/h5,7,11,16,24,28H,3-4,6,8-10H2,1-2H3/i2D3. The van der Waals surface area contributed by atoms with E-state index in [4.69, 9.17) is 25.2 Å². The van der Waals surface area contributed by atoms with Gasteiger partial charge in [0.25, 0.3) is 6.43 Å². The number of sulfonamides is 1. The van der Waals surface area contributed by atoms with E-state index in [1.807, 2.05) is 4.90 Å². The maximum Gasteiger partial charge on any atom is 0.291 e. The van der Waals surface area contributed by atoms with Gasteiger partial charge in [0.15, 0.2) is 21.0 Å². The molecule has 1 atom stereocenters. The number of methoxy groups -OCH3 is 1. The molecule has 0 radical (unpaired) electrons. The second-order valence-corrected chi connectivity index (χ2v) is 11.9. The van der Waals surface area contributed by atoms with Gasteiger partial charge < -0.3 is 19.7 Å². The van der Waals surface area contributed by atoms with Crippen molar-refractivity contribution >= 4 is 44.2 Å². The molecule has 5 rings (SSSR count). The van der Waals surface area contributed by atoms with Crippen LogP contribution in [0.5, 0.6) is 0 Å². The number of nitrogens with one attached hydrogen (secondary N) is 2. The summed E-state index contributed by atoms with van der Waals surface area (Å²) in [7, 11) is -6.66. The minimum absolute atomic E-state index is 0.00103. The van der Waals surface area contributed by atoms with Gasteiger partial charge in [-0.1, -0.05) is 22.9 Å². The van der Waals surface area contributed by atoms with Crippen LogP contribution in [0.2, 0.25) is 5.15 Å². The third-order valence-electron chi connectivity index (χ3n) is 5.88. The van der Waals surface area contributed by atoms with E-state index in [1.54, 1.807) is 6.92 Å². The fourth-order valence-electron chi connectivity index (χ4n) is 4.19. The number of hydrogen-bond acceptors (Lipinski definition) is 10. The van der Waals surface area contributed by atoms with Gasteiger partial charge in [0.1, 0.15) is 10.4 Å².